The van der Waals surface area contributed by atoms with Crippen LogP contribution in [0.5, 0.6) is 0 Å². The van der Waals surface area contributed by atoms with Gasteiger partial charge in [0.15, 0.2) is 0 Å². The second kappa shape index (κ2) is 8.90. The fourth-order valence-corrected chi connectivity index (χ4v) is 5.88. The average Bonchev–Trinajstić information content (AvgIpc) is 2.95. The third-order valence-corrected chi connectivity index (χ3v) is 7.66. The van der Waals surface area contributed by atoms with Gasteiger partial charge in [0, 0.05) is 0 Å². The van der Waals surface area contributed by atoms with Gasteiger partial charge in [-0.3, -0.25) is 4.79 Å². The first kappa shape index (κ1) is 28.2. The lowest BCUT2D eigenvalue weighted by Crippen LogP contribution is -2.58. The van der Waals surface area contributed by atoms with Gasteiger partial charge in [0.25, 0.3) is 5.60 Å². The van der Waals surface area contributed by atoms with Crippen molar-refractivity contribution in [3.05, 3.63) is 0 Å². The normalized spacial score (nSPS) is 30.4. The van der Waals surface area contributed by atoms with E-state index >= 15 is 0 Å². The van der Waals surface area contributed by atoms with E-state index in [1.165, 1.54) is 0 Å². The van der Waals surface area contributed by atoms with Crippen LogP contribution >= 0.6 is 0 Å². The maximum Gasteiger partial charge on any atom is 0.426 e. The number of carbonyl (C=O) groups excluding carboxylic acids is 1. The minimum absolute atomic E-state index is 0.0319. The number of hydrogen-bond acceptors (Lipinski definition) is 3. The highest BCUT2D eigenvalue weighted by Gasteiger charge is 2.71. The number of esters is 1. The number of alkyl halides is 6. The highest BCUT2D eigenvalue weighted by molar-refractivity contribution is 5.81. The van der Waals surface area contributed by atoms with E-state index in [1.54, 1.807) is 6.92 Å². The lowest BCUT2D eigenvalue weighted by atomic mass is 9.79. The van der Waals surface area contributed by atoms with E-state index in [0.717, 1.165) is 6.42 Å². The standard InChI is InChI=1S/C24H38F6O3/c1-15-10-16(17(11-15)12-22(32,23(25,26)27)24(28,29)30)8-7-9-33-18(31)21(13-19(2,3)4)14-20(21,5)6/h15-17,32H,7-14H2,1-6H3. The Bertz CT molecular complexity index is 692. The van der Waals surface area contributed by atoms with Gasteiger partial charge in [0.1, 0.15) is 0 Å². The summed E-state index contributed by atoms with van der Waals surface area (Å²) in [6.07, 6.45) is -10.2. The zero-order valence-electron chi connectivity index (χ0n) is 20.4. The van der Waals surface area contributed by atoms with Gasteiger partial charge >= 0.3 is 18.3 Å². The summed E-state index contributed by atoms with van der Waals surface area (Å²) >= 11 is 0. The molecule has 33 heavy (non-hydrogen) atoms. The van der Waals surface area contributed by atoms with Crippen LogP contribution in [-0.2, 0) is 9.53 Å². The first-order valence-corrected chi connectivity index (χ1v) is 11.7. The van der Waals surface area contributed by atoms with Crippen molar-refractivity contribution in [3.8, 4) is 0 Å². The molecule has 2 fully saturated rings. The Kier molecular flexibility index (Phi) is 7.62. The molecule has 194 valence electrons. The molecule has 9 heteroatoms. The van der Waals surface area contributed by atoms with E-state index in [1.807, 2.05) is 13.8 Å². The average molecular weight is 489 g/mol. The summed E-state index contributed by atoms with van der Waals surface area (Å²) in [5.41, 5.74) is -5.49. The topological polar surface area (TPSA) is 46.5 Å². The maximum atomic E-state index is 13.1. The van der Waals surface area contributed by atoms with Crippen molar-refractivity contribution in [2.24, 2.45) is 34.0 Å². The Morgan fingerprint density at radius 3 is 1.91 bits per heavy atom. The molecule has 2 aliphatic carbocycles. The van der Waals surface area contributed by atoms with Gasteiger partial charge in [0.05, 0.1) is 12.0 Å². The van der Waals surface area contributed by atoms with E-state index in [4.69, 9.17) is 4.74 Å². The summed E-state index contributed by atoms with van der Waals surface area (Å²) in [6, 6.07) is 0. The molecule has 0 heterocycles. The van der Waals surface area contributed by atoms with Crippen molar-refractivity contribution in [1.82, 2.24) is 0 Å². The highest BCUT2D eigenvalue weighted by atomic mass is 19.4. The van der Waals surface area contributed by atoms with E-state index in [-0.39, 0.29) is 35.7 Å². The van der Waals surface area contributed by atoms with Crippen LogP contribution in [-0.4, -0.2) is 35.6 Å². The molecular weight excluding hydrogens is 450 g/mol. The first-order chi connectivity index (χ1) is 14.7. The van der Waals surface area contributed by atoms with Crippen molar-refractivity contribution in [1.29, 1.82) is 0 Å². The largest absolute Gasteiger partial charge is 0.465 e. The van der Waals surface area contributed by atoms with Crippen LogP contribution in [0.25, 0.3) is 0 Å². The van der Waals surface area contributed by atoms with E-state index in [2.05, 4.69) is 20.8 Å². The van der Waals surface area contributed by atoms with E-state index < -0.39 is 41.6 Å². The molecular formula is C24H38F6O3. The molecule has 0 aromatic rings. The summed E-state index contributed by atoms with van der Waals surface area (Å²) < 4.78 is 84.4. The van der Waals surface area contributed by atoms with Crippen LogP contribution in [0.15, 0.2) is 0 Å². The molecule has 1 N–H and O–H groups in total. The van der Waals surface area contributed by atoms with Gasteiger partial charge in [-0.2, -0.15) is 26.3 Å². The molecule has 3 nitrogen and oxygen atoms in total. The molecule has 0 radical (unpaired) electrons. The molecule has 0 bridgehead atoms. The van der Waals surface area contributed by atoms with Crippen LogP contribution in [0.3, 0.4) is 0 Å². The van der Waals surface area contributed by atoms with Gasteiger partial charge in [-0.25, -0.2) is 0 Å². The monoisotopic (exact) mass is 488 g/mol. The van der Waals surface area contributed by atoms with Crippen molar-refractivity contribution >= 4 is 5.97 Å². The number of hydrogen-bond donors (Lipinski definition) is 1. The number of ether oxygens (including phenoxy) is 1. The summed E-state index contributed by atoms with van der Waals surface area (Å²) in [7, 11) is 0. The second-order valence-electron chi connectivity index (χ2n) is 12.3. The van der Waals surface area contributed by atoms with Crippen LogP contribution in [0.4, 0.5) is 26.3 Å². The highest BCUT2D eigenvalue weighted by Crippen LogP contribution is 2.68. The van der Waals surface area contributed by atoms with Crippen molar-refractivity contribution in [2.75, 3.05) is 6.61 Å². The molecule has 2 saturated carbocycles. The van der Waals surface area contributed by atoms with Crippen molar-refractivity contribution < 1.29 is 41.0 Å². The van der Waals surface area contributed by atoms with Crippen LogP contribution in [0, 0.1) is 34.0 Å². The number of carbonyl (C=O) groups is 1. The summed E-state index contributed by atoms with van der Waals surface area (Å²) in [6.45, 7) is 12.1. The zero-order valence-corrected chi connectivity index (χ0v) is 20.4. The van der Waals surface area contributed by atoms with Gasteiger partial charge in [0.2, 0.25) is 0 Å². The summed E-state index contributed by atoms with van der Waals surface area (Å²) in [5.74, 6) is -1.60. The lowest BCUT2D eigenvalue weighted by molar-refractivity contribution is -0.373. The number of halogens is 6. The molecule has 0 amide bonds. The molecule has 0 saturated heterocycles. The quantitative estimate of drug-likeness (QED) is 0.226. The third kappa shape index (κ3) is 5.99. The fourth-order valence-electron chi connectivity index (χ4n) is 5.88. The molecule has 0 aromatic heterocycles. The van der Waals surface area contributed by atoms with E-state index in [0.29, 0.717) is 25.7 Å². The summed E-state index contributed by atoms with van der Waals surface area (Å²) in [4.78, 5) is 12.8. The third-order valence-electron chi connectivity index (χ3n) is 7.66. The Morgan fingerprint density at radius 1 is 1.00 bits per heavy atom. The van der Waals surface area contributed by atoms with Crippen LogP contribution in [0.2, 0.25) is 0 Å². The Morgan fingerprint density at radius 2 is 1.48 bits per heavy atom. The van der Waals surface area contributed by atoms with Gasteiger partial charge in [-0.1, -0.05) is 41.5 Å². The SMILES string of the molecule is CC1CC(CCCOC(=O)C2(CC(C)(C)C)CC2(C)C)C(CC(O)(C(F)(F)F)C(F)(F)F)C1. The minimum atomic E-state index is -5.80. The molecule has 0 aromatic carbocycles. The Balaban J connectivity index is 1.96. The van der Waals surface area contributed by atoms with Gasteiger partial charge < -0.3 is 9.84 Å². The van der Waals surface area contributed by atoms with Crippen LogP contribution < -0.4 is 0 Å². The maximum absolute atomic E-state index is 13.1. The molecule has 0 aliphatic heterocycles. The predicted octanol–water partition coefficient (Wildman–Crippen LogP) is 7.07. The fraction of sp³-hybridized carbons (Fsp3) is 0.958. The first-order valence-electron chi connectivity index (χ1n) is 11.7. The summed E-state index contributed by atoms with van der Waals surface area (Å²) in [5, 5.41) is 9.61. The second-order valence-corrected chi connectivity index (χ2v) is 12.3. The van der Waals surface area contributed by atoms with Crippen molar-refractivity contribution in [3.63, 3.8) is 0 Å². The smallest absolute Gasteiger partial charge is 0.426 e. The molecule has 2 aliphatic rings. The van der Waals surface area contributed by atoms with Gasteiger partial charge in [-0.15, -0.1) is 0 Å². The van der Waals surface area contributed by atoms with E-state index in [9.17, 15) is 36.2 Å². The molecule has 4 atom stereocenters. The van der Waals surface area contributed by atoms with Crippen LogP contribution in [0.1, 0.15) is 86.5 Å². The van der Waals surface area contributed by atoms with Crippen molar-refractivity contribution in [2.45, 2.75) is 104 Å². The number of rotatable bonds is 8. The lowest BCUT2D eigenvalue weighted by Gasteiger charge is -2.35. The predicted molar refractivity (Wildman–Crippen MR) is 112 cm³/mol. The minimum Gasteiger partial charge on any atom is -0.465 e. The molecule has 0 spiro atoms. The number of aliphatic hydroxyl groups is 1. The van der Waals surface area contributed by atoms with Gasteiger partial charge in [-0.05, 0) is 73.5 Å². The molecule has 2 rings (SSSR count). The zero-order chi connectivity index (χ0) is 25.7. The Hall–Kier alpha value is -0.990. The molecule has 4 unspecified atom stereocenters. The Labute approximate surface area is 192 Å².